The average molecular weight is 299 g/mol. The molecule has 0 N–H and O–H groups in total. The Morgan fingerprint density at radius 3 is 2.16 bits per heavy atom. The highest BCUT2D eigenvalue weighted by Gasteiger charge is 1.96. The second-order valence-electron chi connectivity index (χ2n) is 4.40. The Balaban J connectivity index is 0.00000162. The first-order valence-corrected chi connectivity index (χ1v) is 5.99. The highest BCUT2D eigenvalue weighted by atomic mass is 35.5. The van der Waals surface area contributed by atoms with Gasteiger partial charge < -0.3 is 4.74 Å². The van der Waals surface area contributed by atoms with Crippen molar-refractivity contribution < 1.29 is 4.74 Å². The zero-order chi connectivity index (χ0) is 12.1. The summed E-state index contributed by atoms with van der Waals surface area (Å²) in [6.45, 7) is 4.91. The summed E-state index contributed by atoms with van der Waals surface area (Å²) in [5.41, 5.74) is 3.86. The van der Waals surface area contributed by atoms with E-state index in [0.29, 0.717) is 0 Å². The molecule has 0 atom stereocenters. The SMILES string of the molecule is Cc1ccc(CCOc2cccc(C)c2)cc1.Cl.Cl. The summed E-state index contributed by atoms with van der Waals surface area (Å²) in [5.74, 6) is 0.956. The van der Waals surface area contributed by atoms with Crippen molar-refractivity contribution in [1.82, 2.24) is 0 Å². The lowest BCUT2D eigenvalue weighted by Gasteiger charge is -2.07. The third-order valence-electron chi connectivity index (χ3n) is 2.77. The van der Waals surface area contributed by atoms with Crippen molar-refractivity contribution in [3.05, 3.63) is 65.2 Å². The first-order chi connectivity index (χ1) is 8.24. The molecule has 1 nitrogen and oxygen atoms in total. The van der Waals surface area contributed by atoms with Crippen LogP contribution in [-0.2, 0) is 6.42 Å². The van der Waals surface area contributed by atoms with Crippen LogP contribution in [0.15, 0.2) is 48.5 Å². The summed E-state index contributed by atoms with van der Waals surface area (Å²) in [6, 6.07) is 16.8. The fraction of sp³-hybridized carbons (Fsp3) is 0.250. The second kappa shape index (κ2) is 8.84. The highest BCUT2D eigenvalue weighted by molar-refractivity contribution is 5.85. The third-order valence-corrected chi connectivity index (χ3v) is 2.77. The van der Waals surface area contributed by atoms with Crippen molar-refractivity contribution >= 4 is 24.8 Å². The van der Waals surface area contributed by atoms with E-state index in [1.807, 2.05) is 12.1 Å². The normalized spacial score (nSPS) is 9.16. The summed E-state index contributed by atoms with van der Waals surface area (Å²) in [4.78, 5) is 0. The Labute approximate surface area is 127 Å². The summed E-state index contributed by atoms with van der Waals surface area (Å²) in [7, 11) is 0. The van der Waals surface area contributed by atoms with Gasteiger partial charge in [-0.2, -0.15) is 0 Å². The molecule has 2 aromatic rings. The van der Waals surface area contributed by atoms with Gasteiger partial charge in [0, 0.05) is 6.42 Å². The van der Waals surface area contributed by atoms with Crippen LogP contribution in [0.25, 0.3) is 0 Å². The standard InChI is InChI=1S/C16H18O.2ClH/c1-13-6-8-15(9-7-13)10-11-17-16-5-3-4-14(2)12-16;;/h3-9,12H,10-11H2,1-2H3;2*1H. The lowest BCUT2D eigenvalue weighted by molar-refractivity contribution is 0.322. The second-order valence-corrected chi connectivity index (χ2v) is 4.40. The quantitative estimate of drug-likeness (QED) is 0.790. The minimum Gasteiger partial charge on any atom is -0.493 e. The van der Waals surface area contributed by atoms with E-state index in [0.717, 1.165) is 18.8 Å². The molecule has 19 heavy (non-hydrogen) atoms. The van der Waals surface area contributed by atoms with Gasteiger partial charge in [-0.3, -0.25) is 0 Å². The highest BCUT2D eigenvalue weighted by Crippen LogP contribution is 2.13. The van der Waals surface area contributed by atoms with Gasteiger partial charge in [0.1, 0.15) is 5.75 Å². The summed E-state index contributed by atoms with van der Waals surface area (Å²) >= 11 is 0. The predicted octanol–water partition coefficient (Wildman–Crippen LogP) is 4.77. The van der Waals surface area contributed by atoms with Crippen molar-refractivity contribution in [2.45, 2.75) is 20.3 Å². The number of halogens is 2. The zero-order valence-electron chi connectivity index (χ0n) is 11.3. The number of benzene rings is 2. The Morgan fingerprint density at radius 1 is 0.842 bits per heavy atom. The number of hydrogen-bond acceptors (Lipinski definition) is 1. The van der Waals surface area contributed by atoms with Gasteiger partial charge in [-0.05, 0) is 37.1 Å². The van der Waals surface area contributed by atoms with Gasteiger partial charge in [0.25, 0.3) is 0 Å². The molecule has 2 rings (SSSR count). The van der Waals surface area contributed by atoms with Crippen molar-refractivity contribution in [3.63, 3.8) is 0 Å². The maximum atomic E-state index is 5.72. The zero-order valence-corrected chi connectivity index (χ0v) is 12.9. The van der Waals surface area contributed by atoms with Crippen molar-refractivity contribution in [2.24, 2.45) is 0 Å². The van der Waals surface area contributed by atoms with Crippen molar-refractivity contribution in [2.75, 3.05) is 6.61 Å². The van der Waals surface area contributed by atoms with E-state index in [1.165, 1.54) is 16.7 Å². The molecule has 0 saturated carbocycles. The van der Waals surface area contributed by atoms with Gasteiger partial charge in [0.2, 0.25) is 0 Å². The lowest BCUT2D eigenvalue weighted by atomic mass is 10.1. The molecule has 3 heteroatoms. The van der Waals surface area contributed by atoms with Gasteiger partial charge >= 0.3 is 0 Å². The summed E-state index contributed by atoms with van der Waals surface area (Å²) in [5, 5.41) is 0. The van der Waals surface area contributed by atoms with E-state index in [2.05, 4.69) is 50.2 Å². The van der Waals surface area contributed by atoms with Crippen LogP contribution in [0.1, 0.15) is 16.7 Å². The third kappa shape index (κ3) is 6.00. The van der Waals surface area contributed by atoms with Crippen molar-refractivity contribution in [1.29, 1.82) is 0 Å². The molecule has 0 aliphatic rings. The topological polar surface area (TPSA) is 9.23 Å². The molecule has 0 fully saturated rings. The van der Waals surface area contributed by atoms with E-state index >= 15 is 0 Å². The monoisotopic (exact) mass is 298 g/mol. The molecule has 0 radical (unpaired) electrons. The molecule has 0 aliphatic heterocycles. The molecule has 0 aliphatic carbocycles. The van der Waals surface area contributed by atoms with Crippen LogP contribution >= 0.6 is 24.8 Å². The smallest absolute Gasteiger partial charge is 0.119 e. The largest absolute Gasteiger partial charge is 0.493 e. The van der Waals surface area contributed by atoms with Crippen LogP contribution in [-0.4, -0.2) is 6.61 Å². The van der Waals surface area contributed by atoms with Gasteiger partial charge in [-0.1, -0.05) is 42.0 Å². The first-order valence-electron chi connectivity index (χ1n) is 5.99. The lowest BCUT2D eigenvalue weighted by Crippen LogP contribution is -2.01. The fourth-order valence-corrected chi connectivity index (χ4v) is 1.75. The van der Waals surface area contributed by atoms with Crippen LogP contribution < -0.4 is 4.74 Å². The summed E-state index contributed by atoms with van der Waals surface area (Å²) in [6.07, 6.45) is 0.953. The number of ether oxygens (including phenoxy) is 1. The van der Waals surface area contributed by atoms with Crippen LogP contribution in [0.5, 0.6) is 5.75 Å². The summed E-state index contributed by atoms with van der Waals surface area (Å²) < 4.78 is 5.72. The van der Waals surface area contributed by atoms with Crippen LogP contribution in [0.4, 0.5) is 0 Å². The molecular weight excluding hydrogens is 279 g/mol. The molecule has 0 amide bonds. The van der Waals surface area contributed by atoms with E-state index < -0.39 is 0 Å². The molecule has 0 spiro atoms. The average Bonchev–Trinajstić information content (AvgIpc) is 2.32. The van der Waals surface area contributed by atoms with Gasteiger partial charge in [-0.25, -0.2) is 0 Å². The molecule has 2 aromatic carbocycles. The van der Waals surface area contributed by atoms with Crippen LogP contribution in [0, 0.1) is 13.8 Å². The first kappa shape index (κ1) is 17.8. The predicted molar refractivity (Wildman–Crippen MR) is 86.1 cm³/mol. The van der Waals surface area contributed by atoms with E-state index in [9.17, 15) is 0 Å². The fourth-order valence-electron chi connectivity index (χ4n) is 1.75. The molecule has 104 valence electrons. The maximum absolute atomic E-state index is 5.72. The van der Waals surface area contributed by atoms with Gasteiger partial charge in [0.05, 0.1) is 6.61 Å². The van der Waals surface area contributed by atoms with Crippen LogP contribution in [0.3, 0.4) is 0 Å². The van der Waals surface area contributed by atoms with Crippen LogP contribution in [0.2, 0.25) is 0 Å². The Morgan fingerprint density at radius 2 is 1.53 bits per heavy atom. The number of hydrogen-bond donors (Lipinski definition) is 0. The van der Waals surface area contributed by atoms with Gasteiger partial charge in [-0.15, -0.1) is 24.8 Å². The van der Waals surface area contributed by atoms with E-state index in [4.69, 9.17) is 4.74 Å². The Hall–Kier alpha value is -1.18. The maximum Gasteiger partial charge on any atom is 0.119 e. The molecule has 0 unspecified atom stereocenters. The molecule has 0 saturated heterocycles. The Bertz CT molecular complexity index is 480. The number of aryl methyl sites for hydroxylation is 2. The van der Waals surface area contributed by atoms with Gasteiger partial charge in [0.15, 0.2) is 0 Å². The van der Waals surface area contributed by atoms with E-state index in [-0.39, 0.29) is 24.8 Å². The molecular formula is C16H20Cl2O. The number of rotatable bonds is 4. The Kier molecular flexibility index (Phi) is 8.29. The van der Waals surface area contributed by atoms with E-state index in [1.54, 1.807) is 0 Å². The minimum atomic E-state index is 0. The molecule has 0 aromatic heterocycles. The minimum absolute atomic E-state index is 0. The van der Waals surface area contributed by atoms with Crippen molar-refractivity contribution in [3.8, 4) is 5.75 Å². The molecule has 0 bridgehead atoms. The molecule has 0 heterocycles.